The monoisotopic (exact) mass is 578 g/mol. The maximum Gasteiger partial charge on any atom is 0.264 e. The molecular weight excluding hydrogens is 552 g/mol. The molecule has 7 rings (SSSR count). The summed E-state index contributed by atoms with van der Waals surface area (Å²) in [6.07, 6.45) is 4.95. The number of benzene rings is 3. The van der Waals surface area contributed by atoms with Crippen LogP contribution in [0.15, 0.2) is 106 Å². The van der Waals surface area contributed by atoms with Gasteiger partial charge in [-0.1, -0.05) is 77.5 Å². The van der Waals surface area contributed by atoms with Crippen molar-refractivity contribution in [2.75, 3.05) is 11.4 Å². The van der Waals surface area contributed by atoms with Crippen molar-refractivity contribution < 1.29 is 14.4 Å². The third-order valence-corrected chi connectivity index (χ3v) is 8.53. The second-order valence-electron chi connectivity index (χ2n) is 10.8. The first-order chi connectivity index (χ1) is 20.5. The average molecular weight is 579 g/mol. The topological polar surface area (TPSA) is 98.0 Å². The van der Waals surface area contributed by atoms with Crippen LogP contribution >= 0.6 is 11.6 Å². The van der Waals surface area contributed by atoms with Crippen molar-refractivity contribution in [3.05, 3.63) is 107 Å². The lowest BCUT2D eigenvalue weighted by molar-refractivity contribution is -0.136. The van der Waals surface area contributed by atoms with E-state index < -0.39 is 23.9 Å². The van der Waals surface area contributed by atoms with Crippen molar-refractivity contribution >= 4 is 46.8 Å². The molecule has 4 aliphatic rings. The van der Waals surface area contributed by atoms with Crippen LogP contribution < -0.4 is 4.90 Å². The molecule has 0 radical (unpaired) electrons. The van der Waals surface area contributed by atoms with Gasteiger partial charge in [-0.25, -0.2) is 9.91 Å². The molecule has 0 bridgehead atoms. The molecule has 0 spiro atoms. The number of hydrogen-bond donors (Lipinski definition) is 0. The number of allylic oxidation sites excluding steroid dienone is 1. The second-order valence-corrected chi connectivity index (χ2v) is 11.3. The highest BCUT2D eigenvalue weighted by Crippen LogP contribution is 2.44. The standard InChI is InChI=1S/C32H27ClN6O3/c33-23-14-16-24(17-15-23)38-31(41)28-30(32(38)42)37(36-34-28)19-26(40)39-29(21-10-5-2-6-11-21)25-13-7-12-22(27(25)35-39)18-20-8-3-1-4-9-20/h1-6,8-11,14-18,25,28-30H,7,12-13,19H2/b22-18+/t25-,28+,29-,30-/m1/s1. The van der Waals surface area contributed by atoms with Gasteiger partial charge in [0.1, 0.15) is 6.54 Å². The van der Waals surface area contributed by atoms with Gasteiger partial charge in [0.2, 0.25) is 0 Å². The van der Waals surface area contributed by atoms with E-state index in [1.807, 2.05) is 48.5 Å². The summed E-state index contributed by atoms with van der Waals surface area (Å²) in [7, 11) is 0. The van der Waals surface area contributed by atoms with Crippen LogP contribution in [0.5, 0.6) is 0 Å². The Morgan fingerprint density at radius 2 is 1.62 bits per heavy atom. The summed E-state index contributed by atoms with van der Waals surface area (Å²) < 4.78 is 0. The zero-order valence-corrected chi connectivity index (χ0v) is 23.3. The third kappa shape index (κ3) is 4.50. The first kappa shape index (κ1) is 26.3. The Labute approximate surface area is 247 Å². The van der Waals surface area contributed by atoms with E-state index >= 15 is 0 Å². The summed E-state index contributed by atoms with van der Waals surface area (Å²) >= 11 is 5.99. The highest BCUT2D eigenvalue weighted by molar-refractivity contribution is 6.31. The van der Waals surface area contributed by atoms with Gasteiger partial charge < -0.3 is 0 Å². The van der Waals surface area contributed by atoms with Crippen molar-refractivity contribution in [2.45, 2.75) is 37.4 Å². The van der Waals surface area contributed by atoms with Gasteiger partial charge in [0, 0.05) is 10.9 Å². The molecule has 3 aromatic carbocycles. The number of imide groups is 1. The van der Waals surface area contributed by atoms with Gasteiger partial charge in [0.15, 0.2) is 12.1 Å². The molecule has 9 nitrogen and oxygen atoms in total. The molecule has 3 amide bonds. The molecule has 0 aromatic heterocycles. The molecule has 2 fully saturated rings. The summed E-state index contributed by atoms with van der Waals surface area (Å²) in [6.45, 7) is -0.233. The quantitative estimate of drug-likeness (QED) is 0.376. The molecule has 3 aliphatic heterocycles. The second kappa shape index (κ2) is 10.6. The smallest absolute Gasteiger partial charge is 0.264 e. The Morgan fingerprint density at radius 1 is 0.905 bits per heavy atom. The lowest BCUT2D eigenvalue weighted by atomic mass is 9.77. The third-order valence-electron chi connectivity index (χ3n) is 8.28. The molecule has 210 valence electrons. The van der Waals surface area contributed by atoms with Gasteiger partial charge in [-0.2, -0.15) is 10.2 Å². The Balaban J connectivity index is 1.18. The zero-order valence-electron chi connectivity index (χ0n) is 22.6. The van der Waals surface area contributed by atoms with E-state index in [1.165, 1.54) is 5.01 Å². The first-order valence-corrected chi connectivity index (χ1v) is 14.4. The first-order valence-electron chi connectivity index (χ1n) is 14.0. The molecule has 1 aliphatic carbocycles. The summed E-state index contributed by atoms with van der Waals surface area (Å²) in [5.41, 5.74) is 4.55. The van der Waals surface area contributed by atoms with E-state index in [0.29, 0.717) is 10.7 Å². The minimum absolute atomic E-state index is 0.0445. The van der Waals surface area contributed by atoms with Crippen molar-refractivity contribution in [2.24, 2.45) is 21.4 Å². The summed E-state index contributed by atoms with van der Waals surface area (Å²) in [4.78, 5) is 41.7. The van der Waals surface area contributed by atoms with E-state index in [1.54, 1.807) is 29.3 Å². The fourth-order valence-corrected chi connectivity index (χ4v) is 6.48. The minimum Gasteiger partial charge on any atom is -0.271 e. The number of hydrogen-bond acceptors (Lipinski definition) is 7. The Kier molecular flexibility index (Phi) is 6.66. The number of rotatable bonds is 5. The van der Waals surface area contributed by atoms with E-state index in [4.69, 9.17) is 16.7 Å². The van der Waals surface area contributed by atoms with Crippen LogP contribution in [0, 0.1) is 5.92 Å². The van der Waals surface area contributed by atoms with Gasteiger partial charge in [-0.3, -0.25) is 19.4 Å². The largest absolute Gasteiger partial charge is 0.271 e. The summed E-state index contributed by atoms with van der Waals surface area (Å²) in [5, 5.41) is 16.5. The van der Waals surface area contributed by atoms with Crippen LogP contribution in [-0.2, 0) is 14.4 Å². The number of nitrogens with zero attached hydrogens (tertiary/aromatic N) is 6. The van der Waals surface area contributed by atoms with Crippen LogP contribution in [-0.4, -0.2) is 52.1 Å². The number of halogens is 1. The maximum atomic E-state index is 14.0. The van der Waals surface area contributed by atoms with Gasteiger partial charge in [-0.15, -0.1) is 0 Å². The molecule has 10 heteroatoms. The molecule has 1 saturated carbocycles. The number of fused-ring (bicyclic) bond motifs is 2. The molecule has 42 heavy (non-hydrogen) atoms. The predicted molar refractivity (Wildman–Crippen MR) is 158 cm³/mol. The lowest BCUT2D eigenvalue weighted by Crippen LogP contribution is -2.45. The van der Waals surface area contributed by atoms with Crippen LogP contribution in [0.25, 0.3) is 6.08 Å². The molecular formula is C32H27ClN6O3. The summed E-state index contributed by atoms with van der Waals surface area (Å²) in [6, 6.07) is 24.2. The number of hydrazone groups is 1. The maximum absolute atomic E-state index is 14.0. The molecule has 3 aromatic rings. The highest BCUT2D eigenvalue weighted by atomic mass is 35.5. The highest BCUT2D eigenvalue weighted by Gasteiger charge is 2.55. The molecule has 3 heterocycles. The fraction of sp³-hybridized carbons (Fsp3) is 0.250. The average Bonchev–Trinajstić information content (AvgIpc) is 3.68. The Morgan fingerprint density at radius 3 is 2.36 bits per heavy atom. The normalized spacial score (nSPS) is 25.7. The predicted octanol–water partition coefficient (Wildman–Crippen LogP) is 5.46. The van der Waals surface area contributed by atoms with Crippen molar-refractivity contribution in [3.63, 3.8) is 0 Å². The van der Waals surface area contributed by atoms with E-state index in [9.17, 15) is 14.4 Å². The number of carbonyl (C=O) groups excluding carboxylic acids is 3. The van der Waals surface area contributed by atoms with E-state index in [2.05, 4.69) is 28.5 Å². The van der Waals surface area contributed by atoms with E-state index in [-0.39, 0.29) is 24.4 Å². The van der Waals surface area contributed by atoms with Gasteiger partial charge in [-0.05, 0) is 66.3 Å². The van der Waals surface area contributed by atoms with Crippen LogP contribution in [0.4, 0.5) is 5.69 Å². The number of amides is 3. The van der Waals surface area contributed by atoms with Crippen LogP contribution in [0.1, 0.15) is 36.4 Å². The SMILES string of the molecule is O=C1[C@H]2N=NN(CC(=O)N3N=C4/C(=C/c5ccccc5)CCC[C@H]4[C@H]3c3ccccc3)[C@H]2C(=O)N1c1ccc(Cl)cc1. The Bertz CT molecular complexity index is 1640. The van der Waals surface area contributed by atoms with Crippen molar-refractivity contribution in [1.29, 1.82) is 0 Å². The van der Waals surface area contributed by atoms with Gasteiger partial charge >= 0.3 is 0 Å². The summed E-state index contributed by atoms with van der Waals surface area (Å²) in [5.74, 6) is -1.21. The van der Waals surface area contributed by atoms with Gasteiger partial charge in [0.25, 0.3) is 17.7 Å². The molecule has 0 unspecified atom stereocenters. The number of anilines is 1. The lowest BCUT2D eigenvalue weighted by Gasteiger charge is -2.30. The van der Waals surface area contributed by atoms with Crippen molar-refractivity contribution in [1.82, 2.24) is 10.0 Å². The molecule has 0 N–H and O–H groups in total. The van der Waals surface area contributed by atoms with Crippen molar-refractivity contribution in [3.8, 4) is 0 Å². The van der Waals surface area contributed by atoms with E-state index in [0.717, 1.165) is 46.6 Å². The molecule has 1 saturated heterocycles. The number of carbonyl (C=O) groups is 3. The minimum atomic E-state index is -1.00. The van der Waals surface area contributed by atoms with Crippen LogP contribution in [0.2, 0.25) is 5.02 Å². The zero-order chi connectivity index (χ0) is 28.8. The van der Waals surface area contributed by atoms with Crippen LogP contribution in [0.3, 0.4) is 0 Å². The fourth-order valence-electron chi connectivity index (χ4n) is 6.35. The molecule has 4 atom stereocenters. The Hall–Kier alpha value is -4.63. The van der Waals surface area contributed by atoms with Gasteiger partial charge in [0.05, 0.1) is 17.4 Å².